The van der Waals surface area contributed by atoms with Crippen LogP contribution in [0, 0.1) is 11.6 Å². The smallest absolute Gasteiger partial charge is 0.130 e. The zero-order valence-corrected chi connectivity index (χ0v) is 11.3. The molecule has 0 spiro atoms. The number of ether oxygens (including phenoxy) is 1. The number of morpholine rings is 1. The van der Waals surface area contributed by atoms with Crippen LogP contribution in [0.5, 0.6) is 0 Å². The van der Waals surface area contributed by atoms with Crippen molar-refractivity contribution in [3.8, 4) is 0 Å². The van der Waals surface area contributed by atoms with E-state index < -0.39 is 11.6 Å². The van der Waals surface area contributed by atoms with Gasteiger partial charge in [0.05, 0.1) is 12.7 Å². The lowest BCUT2D eigenvalue weighted by Gasteiger charge is -2.31. The number of nitrogens with one attached hydrogen (secondary N) is 1. The summed E-state index contributed by atoms with van der Waals surface area (Å²) in [4.78, 5) is 2.21. The number of hydrogen-bond donors (Lipinski definition) is 1. The molecule has 1 saturated heterocycles. The van der Waals surface area contributed by atoms with Crippen molar-refractivity contribution < 1.29 is 13.5 Å². The highest BCUT2D eigenvalue weighted by molar-refractivity contribution is 5.21. The van der Waals surface area contributed by atoms with Gasteiger partial charge >= 0.3 is 0 Å². The van der Waals surface area contributed by atoms with E-state index in [4.69, 9.17) is 4.74 Å². The van der Waals surface area contributed by atoms with Gasteiger partial charge < -0.3 is 15.0 Å². The van der Waals surface area contributed by atoms with Crippen molar-refractivity contribution in [3.63, 3.8) is 0 Å². The fourth-order valence-corrected chi connectivity index (χ4v) is 2.26. The van der Waals surface area contributed by atoms with Gasteiger partial charge in [-0.15, -0.1) is 0 Å². The molecular formula is C14H20F2N2O. The maximum Gasteiger partial charge on any atom is 0.130 e. The summed E-state index contributed by atoms with van der Waals surface area (Å²) in [5.41, 5.74) is 0.477. The first kappa shape index (κ1) is 14.4. The largest absolute Gasteiger partial charge is 0.374 e. The zero-order valence-electron chi connectivity index (χ0n) is 11.3. The number of benzene rings is 1. The first-order valence-electron chi connectivity index (χ1n) is 6.54. The van der Waals surface area contributed by atoms with Gasteiger partial charge in [-0.25, -0.2) is 8.78 Å². The molecule has 19 heavy (non-hydrogen) atoms. The van der Waals surface area contributed by atoms with Crippen molar-refractivity contribution in [2.75, 3.05) is 33.3 Å². The Labute approximate surface area is 112 Å². The van der Waals surface area contributed by atoms with E-state index in [0.717, 1.165) is 25.8 Å². The van der Waals surface area contributed by atoms with E-state index in [0.29, 0.717) is 12.1 Å². The van der Waals surface area contributed by atoms with Crippen LogP contribution in [0.3, 0.4) is 0 Å². The third-order valence-corrected chi connectivity index (χ3v) is 3.42. The molecule has 2 atom stereocenters. The molecule has 106 valence electrons. The monoisotopic (exact) mass is 270 g/mol. The van der Waals surface area contributed by atoms with Gasteiger partial charge in [0, 0.05) is 37.3 Å². The number of rotatable bonds is 4. The topological polar surface area (TPSA) is 24.5 Å². The maximum absolute atomic E-state index is 13.6. The van der Waals surface area contributed by atoms with Gasteiger partial charge in [-0.3, -0.25) is 0 Å². The zero-order chi connectivity index (χ0) is 13.8. The highest BCUT2D eigenvalue weighted by atomic mass is 19.1. The van der Waals surface area contributed by atoms with Crippen LogP contribution in [0.2, 0.25) is 0 Å². The summed E-state index contributed by atoms with van der Waals surface area (Å²) >= 11 is 0. The Bertz CT molecular complexity index is 428. The van der Waals surface area contributed by atoms with Crippen LogP contribution in [0.4, 0.5) is 8.78 Å². The molecule has 3 nitrogen and oxygen atoms in total. The van der Waals surface area contributed by atoms with Crippen LogP contribution in [0.1, 0.15) is 18.5 Å². The molecule has 1 aromatic carbocycles. The lowest BCUT2D eigenvalue weighted by atomic mass is 10.1. The van der Waals surface area contributed by atoms with E-state index in [1.54, 1.807) is 0 Å². The molecule has 0 saturated carbocycles. The van der Waals surface area contributed by atoms with Crippen molar-refractivity contribution in [2.24, 2.45) is 0 Å². The Kier molecular flexibility index (Phi) is 4.85. The van der Waals surface area contributed by atoms with Crippen molar-refractivity contribution in [1.82, 2.24) is 10.2 Å². The molecular weight excluding hydrogens is 250 g/mol. The van der Waals surface area contributed by atoms with E-state index >= 15 is 0 Å². The average molecular weight is 270 g/mol. The molecule has 0 unspecified atom stereocenters. The van der Waals surface area contributed by atoms with Crippen LogP contribution in [-0.2, 0) is 4.74 Å². The standard InChI is InChI=1S/C14H20F2N2O/c1-10(13-4-3-11(15)7-14(13)16)17-8-12-9-18(2)5-6-19-12/h3-4,7,10,12,17H,5-6,8-9H2,1-2H3/t10-,12-/m1/s1. The van der Waals surface area contributed by atoms with Gasteiger partial charge in [-0.2, -0.15) is 0 Å². The van der Waals surface area contributed by atoms with Gasteiger partial charge in [0.2, 0.25) is 0 Å². The van der Waals surface area contributed by atoms with Crippen molar-refractivity contribution in [1.29, 1.82) is 0 Å². The second-order valence-corrected chi connectivity index (χ2v) is 5.05. The Balaban J connectivity index is 1.88. The highest BCUT2D eigenvalue weighted by Gasteiger charge is 2.19. The van der Waals surface area contributed by atoms with Gasteiger partial charge in [0.1, 0.15) is 11.6 Å². The third kappa shape index (κ3) is 3.96. The minimum Gasteiger partial charge on any atom is -0.374 e. The van der Waals surface area contributed by atoms with Gasteiger partial charge in [0.25, 0.3) is 0 Å². The average Bonchev–Trinajstić information content (AvgIpc) is 2.36. The Morgan fingerprint density at radius 2 is 2.26 bits per heavy atom. The van der Waals surface area contributed by atoms with Crippen molar-refractivity contribution in [3.05, 3.63) is 35.4 Å². The number of nitrogens with zero attached hydrogens (tertiary/aromatic N) is 1. The molecule has 1 aliphatic rings. The first-order chi connectivity index (χ1) is 9.06. The normalized spacial score (nSPS) is 22.4. The molecule has 0 amide bonds. The molecule has 1 N–H and O–H groups in total. The number of likely N-dealkylation sites (N-methyl/N-ethyl adjacent to an activating group) is 1. The summed E-state index contributed by atoms with van der Waals surface area (Å²) < 4.78 is 32.1. The summed E-state index contributed by atoms with van der Waals surface area (Å²) in [6, 6.07) is 3.51. The van der Waals surface area contributed by atoms with Crippen LogP contribution >= 0.6 is 0 Å². The molecule has 0 bridgehead atoms. The predicted octanol–water partition coefficient (Wildman–Crippen LogP) is 1.95. The molecule has 1 heterocycles. The molecule has 5 heteroatoms. The minimum atomic E-state index is -0.550. The van der Waals surface area contributed by atoms with Crippen LogP contribution in [-0.4, -0.2) is 44.3 Å². The SMILES string of the molecule is C[C@@H](NC[C@@H]1CN(C)CCO1)c1ccc(F)cc1F. The number of halogens is 2. The molecule has 1 fully saturated rings. The molecule has 0 aliphatic carbocycles. The molecule has 2 rings (SSSR count). The van der Waals surface area contributed by atoms with Crippen LogP contribution in [0.15, 0.2) is 18.2 Å². The maximum atomic E-state index is 13.6. The van der Waals surface area contributed by atoms with Crippen molar-refractivity contribution >= 4 is 0 Å². The second kappa shape index (κ2) is 6.41. The molecule has 1 aliphatic heterocycles. The Hall–Kier alpha value is -1.04. The summed E-state index contributed by atoms with van der Waals surface area (Å²) in [5.74, 6) is -1.06. The second-order valence-electron chi connectivity index (χ2n) is 5.05. The first-order valence-corrected chi connectivity index (χ1v) is 6.54. The van der Waals surface area contributed by atoms with E-state index in [9.17, 15) is 8.78 Å². The fraction of sp³-hybridized carbons (Fsp3) is 0.571. The van der Waals surface area contributed by atoms with Crippen LogP contribution in [0.25, 0.3) is 0 Å². The summed E-state index contributed by atoms with van der Waals surface area (Å²) in [6.07, 6.45) is 0.115. The lowest BCUT2D eigenvalue weighted by Crippen LogP contribution is -2.45. The third-order valence-electron chi connectivity index (χ3n) is 3.42. The summed E-state index contributed by atoms with van der Waals surface area (Å²) in [6.45, 7) is 5.05. The quantitative estimate of drug-likeness (QED) is 0.905. The Morgan fingerprint density at radius 3 is 2.95 bits per heavy atom. The van der Waals surface area contributed by atoms with Gasteiger partial charge in [-0.05, 0) is 20.0 Å². The van der Waals surface area contributed by atoms with Gasteiger partial charge in [-0.1, -0.05) is 6.07 Å². The molecule has 0 aromatic heterocycles. The van der Waals surface area contributed by atoms with E-state index in [1.807, 2.05) is 6.92 Å². The highest BCUT2D eigenvalue weighted by Crippen LogP contribution is 2.17. The molecule has 0 radical (unpaired) electrons. The minimum absolute atomic E-state index is 0.115. The van der Waals surface area contributed by atoms with E-state index in [1.165, 1.54) is 12.1 Å². The Morgan fingerprint density at radius 1 is 1.47 bits per heavy atom. The summed E-state index contributed by atoms with van der Waals surface area (Å²) in [5, 5.41) is 3.24. The van der Waals surface area contributed by atoms with Crippen LogP contribution < -0.4 is 5.32 Å². The van der Waals surface area contributed by atoms with E-state index in [2.05, 4.69) is 17.3 Å². The number of hydrogen-bond acceptors (Lipinski definition) is 3. The van der Waals surface area contributed by atoms with Gasteiger partial charge in [0.15, 0.2) is 0 Å². The fourth-order valence-electron chi connectivity index (χ4n) is 2.26. The van der Waals surface area contributed by atoms with Crippen molar-refractivity contribution in [2.45, 2.75) is 19.1 Å². The summed E-state index contributed by atoms with van der Waals surface area (Å²) in [7, 11) is 2.05. The predicted molar refractivity (Wildman–Crippen MR) is 70.0 cm³/mol. The van der Waals surface area contributed by atoms with E-state index in [-0.39, 0.29) is 12.1 Å². The lowest BCUT2D eigenvalue weighted by molar-refractivity contribution is -0.0191. The molecule has 1 aromatic rings.